The summed E-state index contributed by atoms with van der Waals surface area (Å²) in [6, 6.07) is 7.77. The van der Waals surface area contributed by atoms with Gasteiger partial charge in [-0.05, 0) is 31.9 Å². The minimum absolute atomic E-state index is 0.0683. The first-order chi connectivity index (χ1) is 12.8. The van der Waals surface area contributed by atoms with E-state index in [4.69, 9.17) is 11.5 Å². The highest BCUT2D eigenvalue weighted by Crippen LogP contribution is 2.08. The van der Waals surface area contributed by atoms with Crippen LogP contribution >= 0.6 is 0 Å². The number of nitrogens with two attached hydrogens (primary N) is 2. The van der Waals surface area contributed by atoms with Crippen molar-refractivity contribution in [3.8, 4) is 0 Å². The van der Waals surface area contributed by atoms with Crippen molar-refractivity contribution in [2.75, 3.05) is 13.1 Å². The third-order valence-electron chi connectivity index (χ3n) is 3.87. The van der Waals surface area contributed by atoms with Gasteiger partial charge in [0.25, 0.3) is 0 Å². The molecule has 0 saturated heterocycles. The summed E-state index contributed by atoms with van der Waals surface area (Å²) in [6.45, 7) is 2.61. The van der Waals surface area contributed by atoms with Crippen LogP contribution in [0, 0.1) is 0 Å². The van der Waals surface area contributed by atoms with Crippen molar-refractivity contribution < 1.29 is 13.2 Å². The number of amides is 1. The van der Waals surface area contributed by atoms with E-state index in [-0.39, 0.29) is 23.3 Å². The SMILES string of the molecule is CC(CNC(=O)CCCCCCCN=C(N)N)NS(=O)(=O)c1ccccc1. The van der Waals surface area contributed by atoms with E-state index in [1.165, 1.54) is 12.1 Å². The molecule has 0 bridgehead atoms. The molecule has 9 heteroatoms. The molecule has 1 atom stereocenters. The fraction of sp³-hybridized carbons (Fsp3) is 0.556. The molecule has 0 radical (unpaired) electrons. The molecule has 0 aliphatic carbocycles. The van der Waals surface area contributed by atoms with E-state index in [0.717, 1.165) is 32.1 Å². The van der Waals surface area contributed by atoms with Gasteiger partial charge in [0.15, 0.2) is 5.96 Å². The number of aliphatic imine (C=N–C) groups is 1. The lowest BCUT2D eigenvalue weighted by molar-refractivity contribution is -0.121. The zero-order valence-electron chi connectivity index (χ0n) is 15.9. The molecule has 1 aromatic rings. The third-order valence-corrected chi connectivity index (χ3v) is 5.48. The molecule has 8 nitrogen and oxygen atoms in total. The highest BCUT2D eigenvalue weighted by molar-refractivity contribution is 7.89. The van der Waals surface area contributed by atoms with Crippen LogP contribution in [0.5, 0.6) is 0 Å². The molecule has 1 aromatic carbocycles. The summed E-state index contributed by atoms with van der Waals surface area (Å²) in [5.74, 6) is 0.0493. The molecular formula is C18H31N5O3S. The van der Waals surface area contributed by atoms with Crippen LogP contribution in [0.4, 0.5) is 0 Å². The van der Waals surface area contributed by atoms with E-state index in [1.54, 1.807) is 25.1 Å². The van der Waals surface area contributed by atoms with Gasteiger partial charge in [-0.25, -0.2) is 13.1 Å². The van der Waals surface area contributed by atoms with Crippen molar-refractivity contribution in [2.24, 2.45) is 16.5 Å². The maximum Gasteiger partial charge on any atom is 0.240 e. The Hall–Kier alpha value is -2.13. The second kappa shape index (κ2) is 12.3. The molecule has 0 heterocycles. The van der Waals surface area contributed by atoms with Gasteiger partial charge in [-0.15, -0.1) is 0 Å². The summed E-state index contributed by atoms with van der Waals surface area (Å²) in [5.41, 5.74) is 10.5. The van der Waals surface area contributed by atoms with Gasteiger partial charge in [0.1, 0.15) is 0 Å². The Bertz CT molecular complexity index is 688. The first-order valence-electron chi connectivity index (χ1n) is 9.20. The van der Waals surface area contributed by atoms with E-state index in [2.05, 4.69) is 15.0 Å². The van der Waals surface area contributed by atoms with Crippen molar-refractivity contribution in [1.29, 1.82) is 0 Å². The predicted molar refractivity (Wildman–Crippen MR) is 108 cm³/mol. The highest BCUT2D eigenvalue weighted by Gasteiger charge is 2.17. The van der Waals surface area contributed by atoms with Gasteiger partial charge >= 0.3 is 0 Å². The number of nitrogens with one attached hydrogen (secondary N) is 2. The Morgan fingerprint density at radius 3 is 2.37 bits per heavy atom. The maximum absolute atomic E-state index is 12.2. The number of carbonyl (C=O) groups excluding carboxylic acids is 1. The van der Waals surface area contributed by atoms with Gasteiger partial charge in [-0.2, -0.15) is 0 Å². The molecule has 1 unspecified atom stereocenters. The standard InChI is InChI=1S/C18H31N5O3S/c1-15(23-27(25,26)16-10-6-5-7-11-16)14-22-17(24)12-8-3-2-4-9-13-21-18(19)20/h5-7,10-11,15,23H,2-4,8-9,12-14H2,1H3,(H,22,24)(H4,19,20,21). The van der Waals surface area contributed by atoms with E-state index in [0.29, 0.717) is 13.0 Å². The Morgan fingerprint density at radius 2 is 1.70 bits per heavy atom. The molecule has 1 amide bonds. The molecule has 0 fully saturated rings. The average Bonchev–Trinajstić information content (AvgIpc) is 2.62. The van der Waals surface area contributed by atoms with Gasteiger partial charge in [-0.3, -0.25) is 9.79 Å². The number of guanidine groups is 1. The molecule has 0 aliphatic rings. The number of carbonyl (C=O) groups is 1. The van der Waals surface area contributed by atoms with E-state index in [9.17, 15) is 13.2 Å². The zero-order chi connectivity index (χ0) is 20.1. The first kappa shape index (κ1) is 22.9. The van der Waals surface area contributed by atoms with Crippen molar-refractivity contribution in [2.45, 2.75) is 56.4 Å². The second-order valence-corrected chi connectivity index (χ2v) is 8.18. The number of benzene rings is 1. The molecule has 152 valence electrons. The number of sulfonamides is 1. The average molecular weight is 398 g/mol. The quantitative estimate of drug-likeness (QED) is 0.224. The van der Waals surface area contributed by atoms with Gasteiger partial charge < -0.3 is 16.8 Å². The van der Waals surface area contributed by atoms with E-state index in [1.807, 2.05) is 0 Å². The highest BCUT2D eigenvalue weighted by atomic mass is 32.2. The Kier molecular flexibility index (Phi) is 10.4. The zero-order valence-corrected chi connectivity index (χ0v) is 16.7. The van der Waals surface area contributed by atoms with Gasteiger partial charge in [0, 0.05) is 25.6 Å². The molecule has 0 aromatic heterocycles. The monoisotopic (exact) mass is 397 g/mol. The number of nitrogens with zero attached hydrogens (tertiary/aromatic N) is 1. The predicted octanol–water partition coefficient (Wildman–Crippen LogP) is 1.08. The lowest BCUT2D eigenvalue weighted by atomic mass is 10.1. The van der Waals surface area contributed by atoms with Crippen LogP contribution in [0.3, 0.4) is 0 Å². The molecule has 6 N–H and O–H groups in total. The van der Waals surface area contributed by atoms with E-state index >= 15 is 0 Å². The minimum Gasteiger partial charge on any atom is -0.370 e. The van der Waals surface area contributed by atoms with Crippen molar-refractivity contribution >= 4 is 21.9 Å². The molecule has 1 rings (SSSR count). The third kappa shape index (κ3) is 10.6. The lowest BCUT2D eigenvalue weighted by Crippen LogP contribution is -2.41. The Balaban J connectivity index is 2.14. The maximum atomic E-state index is 12.2. The summed E-state index contributed by atoms with van der Waals surface area (Å²) < 4.78 is 27.0. The Labute approximate surface area is 161 Å². The van der Waals surface area contributed by atoms with Crippen molar-refractivity contribution in [1.82, 2.24) is 10.0 Å². The van der Waals surface area contributed by atoms with Crippen LogP contribution in [0.25, 0.3) is 0 Å². The van der Waals surface area contributed by atoms with Gasteiger partial charge in [-0.1, -0.05) is 37.5 Å². The molecule has 0 spiro atoms. The smallest absolute Gasteiger partial charge is 0.240 e. The first-order valence-corrected chi connectivity index (χ1v) is 10.7. The second-order valence-electron chi connectivity index (χ2n) is 6.46. The number of hydrogen-bond donors (Lipinski definition) is 4. The van der Waals surface area contributed by atoms with Crippen LogP contribution < -0.4 is 21.5 Å². The number of rotatable bonds is 13. The summed E-state index contributed by atoms with van der Waals surface area (Å²) >= 11 is 0. The van der Waals surface area contributed by atoms with Crippen molar-refractivity contribution in [3.63, 3.8) is 0 Å². The van der Waals surface area contributed by atoms with Crippen LogP contribution in [-0.4, -0.2) is 39.4 Å². The summed E-state index contributed by atoms with van der Waals surface area (Å²) in [6.07, 6.45) is 5.19. The molecular weight excluding hydrogens is 366 g/mol. The molecule has 27 heavy (non-hydrogen) atoms. The van der Waals surface area contributed by atoms with Crippen LogP contribution in [0.15, 0.2) is 40.2 Å². The Morgan fingerprint density at radius 1 is 1.07 bits per heavy atom. The van der Waals surface area contributed by atoms with E-state index < -0.39 is 16.1 Å². The van der Waals surface area contributed by atoms with Crippen LogP contribution in [0.2, 0.25) is 0 Å². The van der Waals surface area contributed by atoms with Crippen molar-refractivity contribution in [3.05, 3.63) is 30.3 Å². The summed E-state index contributed by atoms with van der Waals surface area (Å²) in [5, 5.41) is 2.77. The van der Waals surface area contributed by atoms with Crippen LogP contribution in [-0.2, 0) is 14.8 Å². The molecule has 0 aliphatic heterocycles. The number of hydrogen-bond acceptors (Lipinski definition) is 4. The largest absolute Gasteiger partial charge is 0.370 e. The van der Waals surface area contributed by atoms with Gasteiger partial charge in [0.2, 0.25) is 15.9 Å². The fourth-order valence-corrected chi connectivity index (χ4v) is 3.73. The lowest BCUT2D eigenvalue weighted by Gasteiger charge is -2.15. The summed E-state index contributed by atoms with van der Waals surface area (Å²) in [4.78, 5) is 16.0. The fourth-order valence-electron chi connectivity index (χ4n) is 2.47. The minimum atomic E-state index is -3.57. The van der Waals surface area contributed by atoms with Crippen LogP contribution in [0.1, 0.15) is 45.4 Å². The summed E-state index contributed by atoms with van der Waals surface area (Å²) in [7, 11) is -3.57. The van der Waals surface area contributed by atoms with Gasteiger partial charge in [0.05, 0.1) is 4.90 Å². The number of unbranched alkanes of at least 4 members (excludes halogenated alkanes) is 4. The topological polar surface area (TPSA) is 140 Å². The normalized spacial score (nSPS) is 12.3. The molecule has 0 saturated carbocycles.